The molecule has 1 aliphatic rings. The molecule has 0 radical (unpaired) electrons. The summed E-state index contributed by atoms with van der Waals surface area (Å²) in [6.07, 6.45) is 0.508. The molecule has 0 spiro atoms. The molecule has 21 heavy (non-hydrogen) atoms. The second kappa shape index (κ2) is 6.33. The molecule has 1 atom stereocenters. The maximum atomic E-state index is 12.1. The van der Waals surface area contributed by atoms with Crippen LogP contribution in [0, 0.1) is 5.92 Å². The van der Waals surface area contributed by atoms with Crippen molar-refractivity contribution in [3.8, 4) is 5.75 Å². The number of nitrogens with one attached hydrogen (secondary N) is 1. The van der Waals surface area contributed by atoms with Gasteiger partial charge in [0, 0.05) is 6.54 Å². The van der Waals surface area contributed by atoms with Crippen molar-refractivity contribution in [2.75, 3.05) is 24.7 Å². The van der Waals surface area contributed by atoms with Crippen molar-refractivity contribution in [1.82, 2.24) is 4.72 Å². The van der Waals surface area contributed by atoms with Crippen molar-refractivity contribution in [1.29, 1.82) is 0 Å². The van der Waals surface area contributed by atoms with Gasteiger partial charge in [-0.2, -0.15) is 0 Å². The van der Waals surface area contributed by atoms with E-state index < -0.39 is 19.9 Å². The van der Waals surface area contributed by atoms with E-state index in [1.807, 2.05) is 6.92 Å². The molecule has 2 rings (SSSR count). The SMILES string of the molecule is CCOc1ccc(S(=O)(=O)NC[C@H]2CCS(=O)(=O)C2)cc1. The molecule has 0 unspecified atom stereocenters. The first kappa shape index (κ1) is 16.3. The molecule has 1 aromatic carbocycles. The van der Waals surface area contributed by atoms with Gasteiger partial charge in [0.15, 0.2) is 9.84 Å². The lowest BCUT2D eigenvalue weighted by atomic mass is 10.1. The highest BCUT2D eigenvalue weighted by molar-refractivity contribution is 7.91. The minimum Gasteiger partial charge on any atom is -0.494 e. The first-order valence-corrected chi connectivity index (χ1v) is 10.1. The highest BCUT2D eigenvalue weighted by Crippen LogP contribution is 2.19. The summed E-state index contributed by atoms with van der Waals surface area (Å²) in [5.41, 5.74) is 0. The Morgan fingerprint density at radius 3 is 2.48 bits per heavy atom. The third-order valence-electron chi connectivity index (χ3n) is 3.33. The van der Waals surface area contributed by atoms with Crippen LogP contribution in [0.1, 0.15) is 13.3 Å². The number of hydrogen-bond donors (Lipinski definition) is 1. The molecule has 1 fully saturated rings. The Morgan fingerprint density at radius 1 is 1.29 bits per heavy atom. The maximum Gasteiger partial charge on any atom is 0.240 e. The molecular weight excluding hydrogens is 314 g/mol. The quantitative estimate of drug-likeness (QED) is 0.831. The summed E-state index contributed by atoms with van der Waals surface area (Å²) in [7, 11) is -6.61. The molecule has 0 saturated carbocycles. The minimum absolute atomic E-state index is 0.0544. The summed E-state index contributed by atoms with van der Waals surface area (Å²) in [6, 6.07) is 6.13. The normalized spacial score (nSPS) is 21.3. The summed E-state index contributed by atoms with van der Waals surface area (Å²) < 4.78 is 54.7. The van der Waals surface area contributed by atoms with Crippen LogP contribution in [-0.2, 0) is 19.9 Å². The molecule has 1 aromatic rings. The number of sulfonamides is 1. The fraction of sp³-hybridized carbons (Fsp3) is 0.538. The van der Waals surface area contributed by atoms with Crippen molar-refractivity contribution in [3.63, 3.8) is 0 Å². The average Bonchev–Trinajstić information content (AvgIpc) is 2.77. The largest absolute Gasteiger partial charge is 0.494 e. The van der Waals surface area contributed by atoms with Gasteiger partial charge in [0.1, 0.15) is 5.75 Å². The molecule has 1 heterocycles. The molecule has 8 heteroatoms. The number of rotatable bonds is 6. The van der Waals surface area contributed by atoms with Crippen molar-refractivity contribution in [3.05, 3.63) is 24.3 Å². The van der Waals surface area contributed by atoms with Crippen LogP contribution in [-0.4, -0.2) is 41.5 Å². The molecule has 6 nitrogen and oxygen atoms in total. The summed E-state index contributed by atoms with van der Waals surface area (Å²) in [5.74, 6) is 0.659. The van der Waals surface area contributed by atoms with E-state index >= 15 is 0 Å². The predicted molar refractivity (Wildman–Crippen MR) is 79.6 cm³/mol. The van der Waals surface area contributed by atoms with Crippen LogP contribution in [0.5, 0.6) is 5.75 Å². The lowest BCUT2D eigenvalue weighted by molar-refractivity contribution is 0.340. The van der Waals surface area contributed by atoms with E-state index in [4.69, 9.17) is 4.74 Å². The zero-order valence-corrected chi connectivity index (χ0v) is 13.4. The van der Waals surface area contributed by atoms with Gasteiger partial charge >= 0.3 is 0 Å². The van der Waals surface area contributed by atoms with E-state index in [2.05, 4.69) is 4.72 Å². The van der Waals surface area contributed by atoms with Crippen molar-refractivity contribution in [2.24, 2.45) is 5.92 Å². The molecule has 1 saturated heterocycles. The Hall–Kier alpha value is -1.12. The summed E-state index contributed by atoms with van der Waals surface area (Å²) >= 11 is 0. The van der Waals surface area contributed by atoms with Crippen molar-refractivity contribution >= 4 is 19.9 Å². The zero-order chi connectivity index (χ0) is 15.5. The highest BCUT2D eigenvalue weighted by atomic mass is 32.2. The standard InChI is InChI=1S/C13H19NO5S2/c1-2-19-12-3-5-13(6-4-12)21(17,18)14-9-11-7-8-20(15,16)10-11/h3-6,11,14H,2,7-10H2,1H3/t11-/m1/s1. The summed E-state index contributed by atoms with van der Waals surface area (Å²) in [4.78, 5) is 0.145. The van der Waals surface area contributed by atoms with Gasteiger partial charge < -0.3 is 4.74 Å². The molecule has 0 aromatic heterocycles. The van der Waals surface area contributed by atoms with Gasteiger partial charge in [0.25, 0.3) is 0 Å². The molecule has 0 bridgehead atoms. The van der Waals surface area contributed by atoms with E-state index in [0.29, 0.717) is 18.8 Å². The van der Waals surface area contributed by atoms with Gasteiger partial charge in [-0.1, -0.05) is 0 Å². The number of hydrogen-bond acceptors (Lipinski definition) is 5. The Labute approximate surface area is 125 Å². The summed E-state index contributed by atoms with van der Waals surface area (Å²) in [5, 5.41) is 0. The first-order chi connectivity index (χ1) is 9.82. The Bertz CT molecular complexity index is 680. The Balaban J connectivity index is 1.98. The first-order valence-electron chi connectivity index (χ1n) is 6.75. The van der Waals surface area contributed by atoms with Gasteiger partial charge in [-0.25, -0.2) is 21.6 Å². The molecular formula is C13H19NO5S2. The second-order valence-electron chi connectivity index (χ2n) is 5.03. The highest BCUT2D eigenvalue weighted by Gasteiger charge is 2.28. The molecule has 0 aliphatic carbocycles. The maximum absolute atomic E-state index is 12.1. The van der Waals surface area contributed by atoms with Crippen LogP contribution >= 0.6 is 0 Å². The monoisotopic (exact) mass is 333 g/mol. The lowest BCUT2D eigenvalue weighted by Gasteiger charge is -2.11. The molecule has 1 aliphatic heterocycles. The predicted octanol–water partition coefficient (Wildman–Crippen LogP) is 0.798. The number of benzene rings is 1. The molecule has 0 amide bonds. The van der Waals surface area contributed by atoms with Gasteiger partial charge in [0.05, 0.1) is 23.0 Å². The van der Waals surface area contributed by atoms with Gasteiger partial charge in [0.2, 0.25) is 10.0 Å². The van der Waals surface area contributed by atoms with Gasteiger partial charge in [-0.3, -0.25) is 0 Å². The van der Waals surface area contributed by atoms with E-state index in [1.165, 1.54) is 12.1 Å². The minimum atomic E-state index is -3.62. The van der Waals surface area contributed by atoms with Crippen molar-refractivity contribution in [2.45, 2.75) is 18.2 Å². The van der Waals surface area contributed by atoms with E-state index in [-0.39, 0.29) is 28.9 Å². The smallest absolute Gasteiger partial charge is 0.240 e. The molecule has 118 valence electrons. The second-order valence-corrected chi connectivity index (χ2v) is 9.02. The Morgan fingerprint density at radius 2 is 1.95 bits per heavy atom. The average molecular weight is 333 g/mol. The van der Waals surface area contributed by atoms with Crippen LogP contribution < -0.4 is 9.46 Å². The summed E-state index contributed by atoms with van der Waals surface area (Å²) in [6.45, 7) is 2.51. The van der Waals surface area contributed by atoms with Crippen LogP contribution in [0.15, 0.2) is 29.2 Å². The van der Waals surface area contributed by atoms with E-state index in [1.54, 1.807) is 12.1 Å². The van der Waals surface area contributed by atoms with Gasteiger partial charge in [-0.15, -0.1) is 0 Å². The van der Waals surface area contributed by atoms with Crippen LogP contribution in [0.25, 0.3) is 0 Å². The molecule has 1 N–H and O–H groups in total. The fourth-order valence-corrected chi connectivity index (χ4v) is 5.20. The fourth-order valence-electron chi connectivity index (χ4n) is 2.23. The zero-order valence-electron chi connectivity index (χ0n) is 11.8. The third-order valence-corrected chi connectivity index (χ3v) is 6.61. The van der Waals surface area contributed by atoms with Gasteiger partial charge in [-0.05, 0) is 43.5 Å². The topological polar surface area (TPSA) is 89.5 Å². The third kappa shape index (κ3) is 4.42. The van der Waals surface area contributed by atoms with E-state index in [0.717, 1.165) is 0 Å². The lowest BCUT2D eigenvalue weighted by Crippen LogP contribution is -2.29. The van der Waals surface area contributed by atoms with Crippen LogP contribution in [0.3, 0.4) is 0 Å². The number of ether oxygens (including phenoxy) is 1. The number of sulfone groups is 1. The van der Waals surface area contributed by atoms with Crippen molar-refractivity contribution < 1.29 is 21.6 Å². The van der Waals surface area contributed by atoms with Crippen LogP contribution in [0.2, 0.25) is 0 Å². The van der Waals surface area contributed by atoms with Crippen LogP contribution in [0.4, 0.5) is 0 Å². The van der Waals surface area contributed by atoms with E-state index in [9.17, 15) is 16.8 Å². The Kier molecular flexibility index (Phi) is 4.90.